The average molecular weight is 421 g/mol. The maximum atomic E-state index is 12.7. The molecule has 8 heteroatoms. The molecule has 1 N–H and O–H groups in total. The second-order valence-corrected chi connectivity index (χ2v) is 6.90. The molecule has 0 aliphatic carbocycles. The molecular formula is C20H12ClF3N2OS. The van der Waals surface area contributed by atoms with Gasteiger partial charge in [0.1, 0.15) is 10.7 Å². The molecule has 0 atom stereocenters. The number of hydrogen-bond donors (Lipinski definition) is 1. The summed E-state index contributed by atoms with van der Waals surface area (Å²) in [6.07, 6.45) is -4.42. The highest BCUT2D eigenvalue weighted by molar-refractivity contribution is 7.13. The van der Waals surface area contributed by atoms with E-state index in [0.717, 1.165) is 17.7 Å². The molecular weight excluding hydrogens is 409 g/mol. The topological polar surface area (TPSA) is 42.0 Å². The fourth-order valence-electron chi connectivity index (χ4n) is 2.24. The molecule has 1 aromatic heterocycles. The quantitative estimate of drug-likeness (QED) is 0.587. The van der Waals surface area contributed by atoms with E-state index in [4.69, 9.17) is 11.6 Å². The minimum absolute atomic E-state index is 0.0110. The van der Waals surface area contributed by atoms with Crippen LogP contribution in [-0.4, -0.2) is 17.4 Å². The predicted octanol–water partition coefficient (Wildman–Crippen LogP) is 5.26. The standard InChI is InChI=1S/C20H12ClF3N2OS/c21-16-8-6-14(7-9-16)19-26-17(12-28-19)18(27)25-10-2-4-13-3-1-5-15(11-13)20(22,23)24/h1,3,5-9,11-12H,10H2,(H,25,27). The van der Waals surface area contributed by atoms with Crippen molar-refractivity contribution in [1.82, 2.24) is 10.3 Å². The van der Waals surface area contributed by atoms with Gasteiger partial charge in [0.25, 0.3) is 5.91 Å². The smallest absolute Gasteiger partial charge is 0.340 e. The lowest BCUT2D eigenvalue weighted by molar-refractivity contribution is -0.137. The first-order valence-electron chi connectivity index (χ1n) is 7.99. The van der Waals surface area contributed by atoms with Crippen LogP contribution >= 0.6 is 22.9 Å². The summed E-state index contributed by atoms with van der Waals surface area (Å²) in [4.78, 5) is 16.4. The van der Waals surface area contributed by atoms with Crippen LogP contribution in [0.4, 0.5) is 13.2 Å². The van der Waals surface area contributed by atoms with Crippen molar-refractivity contribution in [1.29, 1.82) is 0 Å². The van der Waals surface area contributed by atoms with Crippen LogP contribution in [0.25, 0.3) is 10.6 Å². The molecule has 0 radical (unpaired) electrons. The lowest BCUT2D eigenvalue weighted by Crippen LogP contribution is -2.23. The number of rotatable bonds is 3. The number of alkyl halides is 3. The maximum Gasteiger partial charge on any atom is 0.416 e. The molecule has 0 unspecified atom stereocenters. The van der Waals surface area contributed by atoms with Gasteiger partial charge in [-0.05, 0) is 30.3 Å². The van der Waals surface area contributed by atoms with E-state index in [-0.39, 0.29) is 17.8 Å². The number of carbonyl (C=O) groups is 1. The van der Waals surface area contributed by atoms with Gasteiger partial charge in [0, 0.05) is 21.5 Å². The van der Waals surface area contributed by atoms with Crippen LogP contribution < -0.4 is 5.32 Å². The SMILES string of the molecule is O=C(NCC#Cc1cccc(C(F)(F)F)c1)c1csc(-c2ccc(Cl)cc2)n1. The number of nitrogens with zero attached hydrogens (tertiary/aromatic N) is 1. The Kier molecular flexibility index (Phi) is 6.02. The Labute approximate surface area is 168 Å². The lowest BCUT2D eigenvalue weighted by atomic mass is 10.1. The van der Waals surface area contributed by atoms with Gasteiger partial charge in [-0.25, -0.2) is 4.98 Å². The van der Waals surface area contributed by atoms with Gasteiger partial charge in [0.15, 0.2) is 0 Å². The van der Waals surface area contributed by atoms with Crippen molar-refractivity contribution < 1.29 is 18.0 Å². The highest BCUT2D eigenvalue weighted by atomic mass is 35.5. The monoisotopic (exact) mass is 420 g/mol. The van der Waals surface area contributed by atoms with Gasteiger partial charge in [-0.2, -0.15) is 13.2 Å². The average Bonchev–Trinajstić information content (AvgIpc) is 3.15. The summed E-state index contributed by atoms with van der Waals surface area (Å²) < 4.78 is 38.0. The van der Waals surface area contributed by atoms with Crippen LogP contribution in [-0.2, 0) is 6.18 Å². The maximum absolute atomic E-state index is 12.7. The Morgan fingerprint density at radius 2 is 1.93 bits per heavy atom. The Balaban J connectivity index is 1.60. The van der Waals surface area contributed by atoms with Crippen molar-refractivity contribution >= 4 is 28.8 Å². The van der Waals surface area contributed by atoms with Crippen LogP contribution in [0.1, 0.15) is 21.6 Å². The summed E-state index contributed by atoms with van der Waals surface area (Å²) in [7, 11) is 0. The van der Waals surface area contributed by atoms with E-state index >= 15 is 0 Å². The van der Waals surface area contributed by atoms with Crippen molar-refractivity contribution in [2.45, 2.75) is 6.18 Å². The molecule has 28 heavy (non-hydrogen) atoms. The van der Waals surface area contributed by atoms with Crippen molar-refractivity contribution in [2.75, 3.05) is 6.54 Å². The van der Waals surface area contributed by atoms with Crippen molar-refractivity contribution in [3.05, 3.63) is 75.8 Å². The molecule has 3 aromatic rings. The summed E-state index contributed by atoms with van der Waals surface area (Å²) in [5.74, 6) is 4.84. The number of amides is 1. The number of aromatic nitrogens is 1. The predicted molar refractivity (Wildman–Crippen MR) is 103 cm³/mol. The summed E-state index contributed by atoms with van der Waals surface area (Å²) in [5.41, 5.74) is 0.553. The minimum Gasteiger partial charge on any atom is -0.340 e. The zero-order valence-corrected chi connectivity index (χ0v) is 15.8. The largest absolute Gasteiger partial charge is 0.416 e. The number of benzene rings is 2. The fourth-order valence-corrected chi connectivity index (χ4v) is 3.17. The zero-order chi connectivity index (χ0) is 20.1. The van der Waals surface area contributed by atoms with Crippen LogP contribution in [0, 0.1) is 11.8 Å². The van der Waals surface area contributed by atoms with Crippen LogP contribution in [0.3, 0.4) is 0 Å². The molecule has 3 nitrogen and oxygen atoms in total. The zero-order valence-electron chi connectivity index (χ0n) is 14.2. The van der Waals surface area contributed by atoms with Gasteiger partial charge in [-0.1, -0.05) is 41.6 Å². The summed E-state index contributed by atoms with van der Waals surface area (Å²) in [6, 6.07) is 11.8. The van der Waals surface area contributed by atoms with E-state index in [1.165, 1.54) is 23.5 Å². The van der Waals surface area contributed by atoms with E-state index in [2.05, 4.69) is 22.1 Å². The van der Waals surface area contributed by atoms with E-state index in [9.17, 15) is 18.0 Å². The molecule has 2 aromatic carbocycles. The highest BCUT2D eigenvalue weighted by Gasteiger charge is 2.30. The second kappa shape index (κ2) is 8.46. The third kappa shape index (κ3) is 5.12. The fraction of sp³-hybridized carbons (Fsp3) is 0.100. The molecule has 1 heterocycles. The van der Waals surface area contributed by atoms with E-state index < -0.39 is 17.6 Å². The van der Waals surface area contributed by atoms with Gasteiger partial charge < -0.3 is 5.32 Å². The Morgan fingerprint density at radius 1 is 1.18 bits per heavy atom. The normalized spacial score (nSPS) is 10.9. The van der Waals surface area contributed by atoms with Crippen LogP contribution in [0.15, 0.2) is 53.9 Å². The second-order valence-electron chi connectivity index (χ2n) is 5.61. The Bertz CT molecular complexity index is 1050. The first-order chi connectivity index (χ1) is 13.3. The van der Waals surface area contributed by atoms with Gasteiger partial charge in [-0.3, -0.25) is 4.79 Å². The van der Waals surface area contributed by atoms with Gasteiger partial charge in [-0.15, -0.1) is 11.3 Å². The molecule has 0 aliphatic heterocycles. The molecule has 0 saturated heterocycles. The Hall–Kier alpha value is -2.82. The summed E-state index contributed by atoms with van der Waals surface area (Å²) in [5, 5.41) is 5.49. The third-order valence-electron chi connectivity index (χ3n) is 3.59. The van der Waals surface area contributed by atoms with Crippen molar-refractivity contribution in [3.8, 4) is 22.4 Å². The Morgan fingerprint density at radius 3 is 2.64 bits per heavy atom. The number of carbonyl (C=O) groups excluding carboxylic acids is 1. The molecule has 1 amide bonds. The third-order valence-corrected chi connectivity index (χ3v) is 4.73. The molecule has 3 rings (SSSR count). The summed E-state index contributed by atoms with van der Waals surface area (Å²) >= 11 is 7.17. The number of nitrogens with one attached hydrogen (secondary N) is 1. The minimum atomic E-state index is -4.42. The molecule has 0 fully saturated rings. The van der Waals surface area contributed by atoms with E-state index in [1.807, 2.05) is 12.1 Å². The number of hydrogen-bond acceptors (Lipinski definition) is 3. The van der Waals surface area contributed by atoms with Crippen LogP contribution in [0.5, 0.6) is 0 Å². The molecule has 0 aliphatic rings. The van der Waals surface area contributed by atoms with Crippen LogP contribution in [0.2, 0.25) is 5.02 Å². The van der Waals surface area contributed by atoms with E-state index in [0.29, 0.717) is 10.0 Å². The number of halogens is 4. The van der Waals surface area contributed by atoms with E-state index in [1.54, 1.807) is 17.5 Å². The molecule has 0 spiro atoms. The lowest BCUT2D eigenvalue weighted by Gasteiger charge is -2.05. The molecule has 0 saturated carbocycles. The van der Waals surface area contributed by atoms with Crippen molar-refractivity contribution in [2.24, 2.45) is 0 Å². The van der Waals surface area contributed by atoms with Gasteiger partial charge in [0.2, 0.25) is 0 Å². The first kappa shape index (κ1) is 19.9. The van der Waals surface area contributed by atoms with Gasteiger partial charge >= 0.3 is 6.18 Å². The first-order valence-corrected chi connectivity index (χ1v) is 9.24. The molecule has 142 valence electrons. The van der Waals surface area contributed by atoms with Crippen molar-refractivity contribution in [3.63, 3.8) is 0 Å². The molecule has 0 bridgehead atoms. The highest BCUT2D eigenvalue weighted by Crippen LogP contribution is 2.29. The number of thiazole rings is 1. The van der Waals surface area contributed by atoms with Gasteiger partial charge in [0.05, 0.1) is 12.1 Å². The summed E-state index contributed by atoms with van der Waals surface area (Å²) in [6.45, 7) is -0.0110.